The van der Waals surface area contributed by atoms with Crippen molar-refractivity contribution in [3.8, 4) is 0 Å². The number of alkyl halides is 1. The Bertz CT molecular complexity index is 684. The zero-order valence-electron chi connectivity index (χ0n) is 11.3. The third-order valence-corrected chi connectivity index (χ3v) is 3.35. The number of nitrogens with zero attached hydrogens (tertiary/aromatic N) is 1. The van der Waals surface area contributed by atoms with Gasteiger partial charge < -0.3 is 5.32 Å². The molecule has 2 aromatic carbocycles. The minimum atomic E-state index is -0.522. The standard InChI is InChI=1S/C15H13ClN2O3/c1-10-2-7-13(18(20)21)8-14(10)15(19)17-12-5-3-11(9-16)4-6-12/h2-8H,9H2,1H3,(H,17,19). The second kappa shape index (κ2) is 6.37. The molecule has 0 radical (unpaired) electrons. The lowest BCUT2D eigenvalue weighted by Crippen LogP contribution is -2.13. The van der Waals surface area contributed by atoms with Crippen molar-refractivity contribution in [1.29, 1.82) is 0 Å². The molecule has 0 bridgehead atoms. The van der Waals surface area contributed by atoms with Gasteiger partial charge >= 0.3 is 0 Å². The topological polar surface area (TPSA) is 72.2 Å². The molecule has 5 nitrogen and oxygen atoms in total. The molecule has 0 saturated heterocycles. The Hall–Kier alpha value is -2.40. The largest absolute Gasteiger partial charge is 0.322 e. The van der Waals surface area contributed by atoms with Crippen molar-refractivity contribution in [2.75, 3.05) is 5.32 Å². The second-order valence-electron chi connectivity index (χ2n) is 4.54. The van der Waals surface area contributed by atoms with Crippen molar-refractivity contribution in [2.24, 2.45) is 0 Å². The number of hydrogen-bond donors (Lipinski definition) is 1. The lowest BCUT2D eigenvalue weighted by Gasteiger charge is -2.08. The first-order chi connectivity index (χ1) is 10.0. The summed E-state index contributed by atoms with van der Waals surface area (Å²) in [6, 6.07) is 11.3. The summed E-state index contributed by atoms with van der Waals surface area (Å²) in [5, 5.41) is 13.5. The molecule has 0 aliphatic carbocycles. The van der Waals surface area contributed by atoms with Gasteiger partial charge in [0, 0.05) is 29.3 Å². The van der Waals surface area contributed by atoms with Crippen LogP contribution in [0.2, 0.25) is 0 Å². The molecule has 1 amide bonds. The van der Waals surface area contributed by atoms with E-state index in [0.29, 0.717) is 17.1 Å². The van der Waals surface area contributed by atoms with Gasteiger partial charge in [0.15, 0.2) is 0 Å². The smallest absolute Gasteiger partial charge is 0.270 e. The summed E-state index contributed by atoms with van der Waals surface area (Å²) in [7, 11) is 0. The number of aryl methyl sites for hydroxylation is 1. The number of hydrogen-bond acceptors (Lipinski definition) is 3. The first-order valence-electron chi connectivity index (χ1n) is 6.22. The predicted molar refractivity (Wildman–Crippen MR) is 81.8 cm³/mol. The lowest BCUT2D eigenvalue weighted by atomic mass is 10.1. The van der Waals surface area contributed by atoms with Crippen LogP contribution in [0.3, 0.4) is 0 Å². The van der Waals surface area contributed by atoms with E-state index in [1.165, 1.54) is 12.1 Å². The van der Waals surface area contributed by atoms with E-state index >= 15 is 0 Å². The minimum Gasteiger partial charge on any atom is -0.322 e. The monoisotopic (exact) mass is 304 g/mol. The molecule has 0 fully saturated rings. The van der Waals surface area contributed by atoms with Crippen LogP contribution in [-0.4, -0.2) is 10.8 Å². The number of nitro groups is 1. The predicted octanol–water partition coefficient (Wildman–Crippen LogP) is 3.89. The molecule has 0 saturated carbocycles. The SMILES string of the molecule is Cc1ccc([N+](=O)[O-])cc1C(=O)Nc1ccc(CCl)cc1. The van der Waals surface area contributed by atoms with E-state index in [2.05, 4.69) is 5.32 Å². The van der Waals surface area contributed by atoms with E-state index in [9.17, 15) is 14.9 Å². The number of nitrogens with one attached hydrogen (secondary N) is 1. The van der Waals surface area contributed by atoms with Crippen molar-refractivity contribution in [3.05, 3.63) is 69.3 Å². The molecular formula is C15H13ClN2O3. The van der Waals surface area contributed by atoms with Gasteiger partial charge in [-0.1, -0.05) is 18.2 Å². The van der Waals surface area contributed by atoms with Gasteiger partial charge in [0.2, 0.25) is 0 Å². The fourth-order valence-corrected chi connectivity index (χ4v) is 2.02. The highest BCUT2D eigenvalue weighted by molar-refractivity contribution is 6.17. The Kier molecular flexibility index (Phi) is 4.55. The zero-order chi connectivity index (χ0) is 15.4. The molecular weight excluding hydrogens is 292 g/mol. The highest BCUT2D eigenvalue weighted by atomic mass is 35.5. The van der Waals surface area contributed by atoms with Gasteiger partial charge in [-0.3, -0.25) is 14.9 Å². The van der Waals surface area contributed by atoms with Crippen LogP contribution < -0.4 is 5.32 Å². The van der Waals surface area contributed by atoms with E-state index in [-0.39, 0.29) is 17.2 Å². The van der Waals surface area contributed by atoms with Gasteiger partial charge in [-0.15, -0.1) is 11.6 Å². The fourth-order valence-electron chi connectivity index (χ4n) is 1.84. The van der Waals surface area contributed by atoms with Crippen molar-refractivity contribution < 1.29 is 9.72 Å². The first kappa shape index (κ1) is 15.0. The molecule has 0 heterocycles. The van der Waals surface area contributed by atoms with E-state index in [1.54, 1.807) is 25.1 Å². The van der Waals surface area contributed by atoms with Gasteiger partial charge in [-0.25, -0.2) is 0 Å². The molecule has 0 aliphatic rings. The third-order valence-electron chi connectivity index (χ3n) is 3.04. The zero-order valence-corrected chi connectivity index (χ0v) is 12.1. The number of carbonyl (C=O) groups excluding carboxylic acids is 1. The molecule has 2 rings (SSSR count). The van der Waals surface area contributed by atoms with Crippen molar-refractivity contribution in [1.82, 2.24) is 0 Å². The van der Waals surface area contributed by atoms with Crippen LogP contribution in [0.15, 0.2) is 42.5 Å². The van der Waals surface area contributed by atoms with Crippen LogP contribution in [0, 0.1) is 17.0 Å². The number of benzene rings is 2. The molecule has 6 heteroatoms. The molecule has 108 valence electrons. The fraction of sp³-hybridized carbons (Fsp3) is 0.133. The number of rotatable bonds is 4. The molecule has 21 heavy (non-hydrogen) atoms. The summed E-state index contributed by atoms with van der Waals surface area (Å²) in [5.74, 6) is 0.0212. The number of non-ortho nitro benzene ring substituents is 1. The normalized spacial score (nSPS) is 10.2. The Morgan fingerprint density at radius 3 is 2.48 bits per heavy atom. The highest BCUT2D eigenvalue weighted by Gasteiger charge is 2.14. The van der Waals surface area contributed by atoms with Crippen molar-refractivity contribution in [2.45, 2.75) is 12.8 Å². The number of carbonyl (C=O) groups is 1. The van der Waals surface area contributed by atoms with Gasteiger partial charge in [0.1, 0.15) is 0 Å². The number of halogens is 1. The highest BCUT2D eigenvalue weighted by Crippen LogP contribution is 2.19. The molecule has 0 atom stereocenters. The third kappa shape index (κ3) is 3.58. The first-order valence-corrected chi connectivity index (χ1v) is 6.76. The summed E-state index contributed by atoms with van der Waals surface area (Å²) in [6.07, 6.45) is 0. The second-order valence-corrected chi connectivity index (χ2v) is 4.81. The van der Waals surface area contributed by atoms with E-state index in [0.717, 1.165) is 5.56 Å². The summed E-state index contributed by atoms with van der Waals surface area (Å²) >= 11 is 5.70. The molecule has 0 unspecified atom stereocenters. The van der Waals surface area contributed by atoms with Crippen LogP contribution >= 0.6 is 11.6 Å². The molecule has 1 N–H and O–H groups in total. The maximum Gasteiger partial charge on any atom is 0.270 e. The molecule has 0 spiro atoms. The number of nitro benzene ring substituents is 1. The van der Waals surface area contributed by atoms with Crippen molar-refractivity contribution in [3.63, 3.8) is 0 Å². The maximum absolute atomic E-state index is 12.2. The summed E-state index contributed by atoms with van der Waals surface area (Å²) in [4.78, 5) is 22.5. The van der Waals surface area contributed by atoms with Gasteiger partial charge in [-0.05, 0) is 30.2 Å². The summed E-state index contributed by atoms with van der Waals surface area (Å²) in [6.45, 7) is 1.73. The van der Waals surface area contributed by atoms with Crippen molar-refractivity contribution >= 4 is 28.9 Å². The number of amides is 1. The Morgan fingerprint density at radius 1 is 1.24 bits per heavy atom. The Morgan fingerprint density at radius 2 is 1.90 bits per heavy atom. The average Bonchev–Trinajstić information content (AvgIpc) is 2.48. The number of anilines is 1. The van der Waals surface area contributed by atoms with E-state index < -0.39 is 4.92 Å². The summed E-state index contributed by atoms with van der Waals surface area (Å²) in [5.41, 5.74) is 2.41. The van der Waals surface area contributed by atoms with Gasteiger partial charge in [-0.2, -0.15) is 0 Å². The summed E-state index contributed by atoms with van der Waals surface area (Å²) < 4.78 is 0. The van der Waals surface area contributed by atoms with Crippen LogP contribution in [0.4, 0.5) is 11.4 Å². The van der Waals surface area contributed by atoms with Gasteiger partial charge in [0.05, 0.1) is 4.92 Å². The Balaban J connectivity index is 2.23. The minimum absolute atomic E-state index is 0.108. The lowest BCUT2D eigenvalue weighted by molar-refractivity contribution is -0.384. The average molecular weight is 305 g/mol. The maximum atomic E-state index is 12.2. The molecule has 0 aromatic heterocycles. The van der Waals surface area contributed by atoms with Gasteiger partial charge in [0.25, 0.3) is 11.6 Å². The van der Waals surface area contributed by atoms with E-state index in [4.69, 9.17) is 11.6 Å². The molecule has 0 aliphatic heterocycles. The van der Waals surface area contributed by atoms with E-state index in [1.807, 2.05) is 12.1 Å². The van der Waals surface area contributed by atoms with Crippen LogP contribution in [0.25, 0.3) is 0 Å². The van der Waals surface area contributed by atoms with Crippen LogP contribution in [0.5, 0.6) is 0 Å². The van der Waals surface area contributed by atoms with Crippen LogP contribution in [-0.2, 0) is 5.88 Å². The molecule has 2 aromatic rings. The Labute approximate surface area is 126 Å². The quantitative estimate of drug-likeness (QED) is 0.529. The van der Waals surface area contributed by atoms with Crippen LogP contribution in [0.1, 0.15) is 21.5 Å².